The van der Waals surface area contributed by atoms with Gasteiger partial charge in [0.1, 0.15) is 0 Å². The first kappa shape index (κ1) is 38.3. The molecular formula is C39H53FN8O5Si. The quantitative estimate of drug-likeness (QED) is 0.135. The van der Waals surface area contributed by atoms with Gasteiger partial charge in [0, 0.05) is 67.3 Å². The predicted octanol–water partition coefficient (Wildman–Crippen LogP) is 4.10. The zero-order valence-electron chi connectivity index (χ0n) is 31.4. The highest BCUT2D eigenvalue weighted by Gasteiger charge is 2.66. The number of hydrogen-bond donors (Lipinski definition) is 5. The normalized spacial score (nSPS) is 26.9. The molecule has 15 heteroatoms. The largest absolute Gasteiger partial charge is 0.396 e. The van der Waals surface area contributed by atoms with Gasteiger partial charge in [-0.05, 0) is 94.2 Å². The lowest BCUT2D eigenvalue weighted by molar-refractivity contribution is -0.146. The van der Waals surface area contributed by atoms with Crippen LogP contribution in [0.3, 0.4) is 0 Å². The number of aliphatic hydroxyl groups excluding tert-OH is 1. The average Bonchev–Trinajstić information content (AvgIpc) is 3.81. The number of nitrogens with zero attached hydrogens (tertiary/aromatic N) is 4. The van der Waals surface area contributed by atoms with Gasteiger partial charge in [-0.3, -0.25) is 19.1 Å². The molecule has 0 aliphatic carbocycles. The number of hydrogen-bond acceptors (Lipinski definition) is 9. The van der Waals surface area contributed by atoms with E-state index in [0.717, 1.165) is 44.3 Å². The molecule has 4 aliphatic heterocycles. The van der Waals surface area contributed by atoms with Gasteiger partial charge in [0.05, 0.1) is 35.9 Å². The van der Waals surface area contributed by atoms with Crippen LogP contribution in [0, 0.1) is 17.8 Å². The Balaban J connectivity index is 1.18. The topological polar surface area (TPSA) is 163 Å². The molecule has 13 nitrogen and oxygen atoms in total. The van der Waals surface area contributed by atoms with E-state index < -0.39 is 31.6 Å². The van der Waals surface area contributed by atoms with Crippen LogP contribution in [-0.4, -0.2) is 85.1 Å². The van der Waals surface area contributed by atoms with Gasteiger partial charge in [-0.15, -0.1) is 5.10 Å². The number of amides is 3. The molecule has 5 heterocycles. The van der Waals surface area contributed by atoms with Crippen molar-refractivity contribution in [3.05, 3.63) is 65.5 Å². The molecule has 3 aromatic rings. The number of carbonyl (C=O) groups is 3. The Kier molecular flexibility index (Phi) is 11.3. The number of benzene rings is 2. The van der Waals surface area contributed by atoms with E-state index in [0.29, 0.717) is 60.8 Å². The highest BCUT2D eigenvalue weighted by Crippen LogP contribution is 2.60. The maximum atomic E-state index is 16.5. The van der Waals surface area contributed by atoms with Crippen LogP contribution >= 0.6 is 0 Å². The first-order valence-electron chi connectivity index (χ1n) is 19.4. The number of halogens is 1. The van der Waals surface area contributed by atoms with Gasteiger partial charge in [-0.25, -0.2) is 0 Å². The fourth-order valence-corrected chi connectivity index (χ4v) is 11.5. The lowest BCUT2D eigenvalue weighted by Crippen LogP contribution is -2.45. The van der Waals surface area contributed by atoms with Crippen molar-refractivity contribution >= 4 is 43.2 Å². The molecule has 5 N–H and O–H groups in total. The first-order chi connectivity index (χ1) is 26.0. The summed E-state index contributed by atoms with van der Waals surface area (Å²) < 4.78 is 25.1. The van der Waals surface area contributed by atoms with E-state index in [1.807, 2.05) is 49.4 Å². The van der Waals surface area contributed by atoms with Crippen LogP contribution in [-0.2, 0) is 44.2 Å². The monoisotopic (exact) mass is 760 g/mol. The van der Waals surface area contributed by atoms with Gasteiger partial charge >= 0.3 is 0 Å². The van der Waals surface area contributed by atoms with Gasteiger partial charge < -0.3 is 40.1 Å². The number of anilines is 3. The summed E-state index contributed by atoms with van der Waals surface area (Å²) in [5.41, 5.74) is 2.08. The molecule has 2 aromatic carbocycles. The van der Waals surface area contributed by atoms with Crippen molar-refractivity contribution < 1.29 is 28.3 Å². The summed E-state index contributed by atoms with van der Waals surface area (Å²) >= 11 is 0. The number of fused-ring (bicyclic) bond motifs is 2. The minimum absolute atomic E-state index is 0.00609. The summed E-state index contributed by atoms with van der Waals surface area (Å²) in [5.74, 6) is -1.08. The molecule has 290 valence electrons. The van der Waals surface area contributed by atoms with Crippen LogP contribution < -0.4 is 26.2 Å². The van der Waals surface area contributed by atoms with E-state index in [1.54, 1.807) is 28.9 Å². The van der Waals surface area contributed by atoms with Crippen molar-refractivity contribution in [2.24, 2.45) is 17.8 Å². The summed E-state index contributed by atoms with van der Waals surface area (Å²) in [7, 11) is -3.42. The molecule has 3 fully saturated rings. The first-order valence-corrected chi connectivity index (χ1v) is 22.4. The zero-order chi connectivity index (χ0) is 38.0. The number of aromatic nitrogens is 3. The zero-order valence-corrected chi connectivity index (χ0v) is 32.4. The second-order valence-electron chi connectivity index (χ2n) is 15.9. The van der Waals surface area contributed by atoms with Gasteiger partial charge in [0.2, 0.25) is 20.2 Å². The number of nitrogens with one attached hydrogen (secondary N) is 4. The highest BCUT2D eigenvalue weighted by atomic mass is 28.4. The van der Waals surface area contributed by atoms with Gasteiger partial charge in [-0.1, -0.05) is 24.3 Å². The van der Waals surface area contributed by atoms with E-state index in [1.165, 1.54) is 0 Å². The fraction of sp³-hybridized carbons (Fsp3) is 0.564. The number of aliphatic hydroxyl groups is 1. The third kappa shape index (κ3) is 7.74. The molecule has 54 heavy (non-hydrogen) atoms. The van der Waals surface area contributed by atoms with Crippen molar-refractivity contribution in [1.82, 2.24) is 25.6 Å². The minimum atomic E-state index is -3.42. The van der Waals surface area contributed by atoms with Gasteiger partial charge in [-0.2, -0.15) is 0 Å². The Labute approximate surface area is 317 Å². The van der Waals surface area contributed by atoms with Crippen LogP contribution in [0.5, 0.6) is 0 Å². The molecule has 4 aliphatic rings. The molecule has 2 unspecified atom stereocenters. The molecule has 0 saturated carbocycles. The van der Waals surface area contributed by atoms with E-state index in [9.17, 15) is 14.7 Å². The Morgan fingerprint density at radius 3 is 2.28 bits per heavy atom. The van der Waals surface area contributed by atoms with Gasteiger partial charge in [0.25, 0.3) is 5.91 Å². The summed E-state index contributed by atoms with van der Waals surface area (Å²) in [5, 5.41) is 30.4. The Bertz CT molecular complexity index is 1820. The summed E-state index contributed by atoms with van der Waals surface area (Å²) in [6.07, 6.45) is 5.55. The van der Waals surface area contributed by atoms with Crippen LogP contribution in [0.15, 0.2) is 48.7 Å². The molecule has 3 saturated heterocycles. The maximum Gasteiger partial charge on any atom is 0.264 e. The lowest BCUT2D eigenvalue weighted by Gasteiger charge is -2.31. The fourth-order valence-electron chi connectivity index (χ4n) is 9.00. The minimum Gasteiger partial charge on any atom is -0.396 e. The number of carbonyl (C=O) groups excluding carboxylic acids is 3. The summed E-state index contributed by atoms with van der Waals surface area (Å²) in [4.78, 5) is 42.9. The third-order valence-corrected chi connectivity index (χ3v) is 14.2. The molecule has 0 radical (unpaired) electrons. The lowest BCUT2D eigenvalue weighted by atomic mass is 9.82. The van der Waals surface area contributed by atoms with Gasteiger partial charge in [0.15, 0.2) is 5.60 Å². The SMILES string of the molecule is C[C@@H]1[C@@H]([Si](C)(C)F)[C@H](CCn2cc(CCO)nn2)O[C@@]12C(=O)N(Cc1ccc(NC(=O)C3CCCNC3)cc1)c1ccc(NC(=O)C3CCCNC3)cc12. The summed E-state index contributed by atoms with van der Waals surface area (Å²) in [6, 6.07) is 13.1. The number of piperidine rings is 2. The molecular weight excluding hydrogens is 708 g/mol. The third-order valence-electron chi connectivity index (χ3n) is 11.7. The van der Waals surface area contributed by atoms with E-state index >= 15 is 8.90 Å². The number of rotatable bonds is 12. The van der Waals surface area contributed by atoms with Crippen molar-refractivity contribution in [2.45, 2.75) is 88.9 Å². The molecule has 0 bridgehead atoms. The number of ether oxygens (including phenoxy) is 1. The van der Waals surface area contributed by atoms with Crippen molar-refractivity contribution in [3.63, 3.8) is 0 Å². The standard InChI is InChI=1S/C39H53FN8O5Si/c1-25-35(54(2,3)40)34(14-18-47-24-31(15-19-49)45-46-47)53-39(25)32-20-30(44-37(51)28-7-5-17-42-22-28)12-13-33(32)48(38(39)52)23-26-8-10-29(11-9-26)43-36(50)27-6-4-16-41-21-27/h8-13,20,24-25,27-28,34-35,41-42,49H,4-7,14-19,21-23H2,1-3H3,(H,43,50)(H,44,51)/t25-,27?,28?,34+,35-,39+/m1/s1. The van der Waals surface area contributed by atoms with Crippen molar-refractivity contribution in [3.8, 4) is 0 Å². The Hall–Kier alpha value is -4.02. The average molecular weight is 761 g/mol. The van der Waals surface area contributed by atoms with Crippen molar-refractivity contribution in [2.75, 3.05) is 48.3 Å². The van der Waals surface area contributed by atoms with E-state index in [-0.39, 0.29) is 42.7 Å². The predicted molar refractivity (Wildman–Crippen MR) is 206 cm³/mol. The smallest absolute Gasteiger partial charge is 0.264 e. The second-order valence-corrected chi connectivity index (χ2v) is 19.7. The summed E-state index contributed by atoms with van der Waals surface area (Å²) in [6.45, 7) is 8.99. The van der Waals surface area contributed by atoms with E-state index in [2.05, 4.69) is 31.6 Å². The maximum absolute atomic E-state index is 16.5. The Morgan fingerprint density at radius 1 is 1.02 bits per heavy atom. The van der Waals surface area contributed by atoms with Crippen LogP contribution in [0.25, 0.3) is 0 Å². The molecule has 3 amide bonds. The molecule has 1 aromatic heterocycles. The van der Waals surface area contributed by atoms with Crippen LogP contribution in [0.2, 0.25) is 18.6 Å². The number of aryl methyl sites for hydroxylation is 1. The molecule has 7 rings (SSSR count). The Morgan fingerprint density at radius 2 is 1.67 bits per heavy atom. The second kappa shape index (κ2) is 16.0. The molecule has 6 atom stereocenters. The highest BCUT2D eigenvalue weighted by molar-refractivity contribution is 6.72. The van der Waals surface area contributed by atoms with Crippen LogP contribution in [0.1, 0.15) is 55.8 Å². The van der Waals surface area contributed by atoms with Crippen LogP contribution in [0.4, 0.5) is 21.2 Å². The van der Waals surface area contributed by atoms with E-state index in [4.69, 9.17) is 4.74 Å². The van der Waals surface area contributed by atoms with Crippen molar-refractivity contribution in [1.29, 1.82) is 0 Å². The molecule has 1 spiro atoms.